The van der Waals surface area contributed by atoms with Crippen LogP contribution in [-0.2, 0) is 15.5 Å². The van der Waals surface area contributed by atoms with E-state index in [0.29, 0.717) is 17.0 Å². The summed E-state index contributed by atoms with van der Waals surface area (Å²) in [7, 11) is -2.60. The second-order valence-corrected chi connectivity index (χ2v) is 9.86. The van der Waals surface area contributed by atoms with E-state index >= 15 is 0 Å². The topological polar surface area (TPSA) is 101 Å². The van der Waals surface area contributed by atoms with Gasteiger partial charge in [-0.2, -0.15) is 4.98 Å². The van der Waals surface area contributed by atoms with Crippen molar-refractivity contribution in [3.05, 3.63) is 57.0 Å². The van der Waals surface area contributed by atoms with Gasteiger partial charge in [0.25, 0.3) is 5.56 Å². The van der Waals surface area contributed by atoms with Crippen molar-refractivity contribution in [1.82, 2.24) is 14.5 Å². The molecule has 1 aromatic carbocycles. The van der Waals surface area contributed by atoms with Gasteiger partial charge in [0, 0.05) is 39.3 Å². The van der Waals surface area contributed by atoms with Gasteiger partial charge in [-0.15, -0.1) is 0 Å². The van der Waals surface area contributed by atoms with Gasteiger partial charge in [-0.05, 0) is 44.0 Å². The van der Waals surface area contributed by atoms with Crippen LogP contribution in [0.3, 0.4) is 0 Å². The highest BCUT2D eigenvalue weighted by molar-refractivity contribution is 7.90. The lowest BCUT2D eigenvalue weighted by atomic mass is 10.1. The molecule has 0 spiro atoms. The first-order chi connectivity index (χ1) is 13.0. The predicted octanol–water partition coefficient (Wildman–Crippen LogP) is 4.25. The molecule has 3 rings (SSSR count). The van der Waals surface area contributed by atoms with E-state index in [0.717, 1.165) is 16.8 Å². The Morgan fingerprint density at radius 2 is 2.04 bits per heavy atom. The Balaban J connectivity index is 2.00. The molecule has 3 aromatic rings. The maximum absolute atomic E-state index is 12.4. The van der Waals surface area contributed by atoms with Crippen LogP contribution in [-0.4, -0.2) is 25.0 Å². The monoisotopic (exact) mass is 419 g/mol. The Bertz CT molecular complexity index is 1220. The second-order valence-electron chi connectivity index (χ2n) is 7.16. The molecule has 0 amide bonds. The summed E-state index contributed by atoms with van der Waals surface area (Å²) in [6.07, 6.45) is 3.06. The molecule has 0 radical (unpaired) electrons. The summed E-state index contributed by atoms with van der Waals surface area (Å²) >= 11 is 6.05. The predicted molar refractivity (Wildman–Crippen MR) is 114 cm³/mol. The van der Waals surface area contributed by atoms with Crippen molar-refractivity contribution in [3.8, 4) is 0 Å². The summed E-state index contributed by atoms with van der Waals surface area (Å²) in [5.41, 5.74) is 2.78. The molecule has 0 saturated heterocycles. The SMILES string of the molecule is Cc1cc(CS(C)(=N)=O)ccc1Nc1ncc2cc(Cl)c(=O)n(C(C)C)c2n1. The highest BCUT2D eigenvalue weighted by atomic mass is 35.5. The van der Waals surface area contributed by atoms with E-state index in [4.69, 9.17) is 16.4 Å². The standard InChI is InChI=1S/C19H22ClN5O2S/c1-11(2)25-17-14(8-15(20)18(25)26)9-22-19(24-17)23-16-6-5-13(7-12(16)3)10-28(4,21)27/h5-9,11,21H,10H2,1-4H3,(H,22,23,24). The molecule has 1 atom stereocenters. The van der Waals surface area contributed by atoms with Crippen molar-refractivity contribution >= 4 is 44.0 Å². The molecule has 0 fully saturated rings. The fourth-order valence-electron chi connectivity index (χ4n) is 3.02. The zero-order valence-electron chi connectivity index (χ0n) is 16.1. The van der Waals surface area contributed by atoms with Crippen LogP contribution in [0, 0.1) is 11.7 Å². The number of pyridine rings is 1. The van der Waals surface area contributed by atoms with Crippen LogP contribution in [0.25, 0.3) is 11.0 Å². The smallest absolute Gasteiger partial charge is 0.271 e. The molecule has 0 aliphatic heterocycles. The van der Waals surface area contributed by atoms with E-state index in [1.54, 1.807) is 16.8 Å². The van der Waals surface area contributed by atoms with Gasteiger partial charge in [0.2, 0.25) is 5.95 Å². The van der Waals surface area contributed by atoms with Crippen LogP contribution >= 0.6 is 11.6 Å². The quantitative estimate of drug-likeness (QED) is 0.643. The minimum Gasteiger partial charge on any atom is -0.324 e. The minimum atomic E-state index is -2.60. The van der Waals surface area contributed by atoms with Crippen molar-refractivity contribution in [1.29, 1.82) is 4.78 Å². The van der Waals surface area contributed by atoms with Crippen LogP contribution in [0.5, 0.6) is 0 Å². The fraction of sp³-hybridized carbons (Fsp3) is 0.316. The van der Waals surface area contributed by atoms with Crippen molar-refractivity contribution < 1.29 is 4.21 Å². The van der Waals surface area contributed by atoms with Crippen LogP contribution in [0.4, 0.5) is 11.6 Å². The zero-order valence-corrected chi connectivity index (χ0v) is 17.7. The number of rotatable bonds is 5. The van der Waals surface area contributed by atoms with Gasteiger partial charge >= 0.3 is 0 Å². The van der Waals surface area contributed by atoms with E-state index in [1.165, 1.54) is 6.26 Å². The molecule has 148 valence electrons. The highest BCUT2D eigenvalue weighted by Gasteiger charge is 2.13. The van der Waals surface area contributed by atoms with Gasteiger partial charge in [-0.25, -0.2) is 9.19 Å². The number of aryl methyl sites for hydroxylation is 1. The number of anilines is 2. The molecule has 9 heteroatoms. The van der Waals surface area contributed by atoms with E-state index < -0.39 is 9.73 Å². The van der Waals surface area contributed by atoms with E-state index in [-0.39, 0.29) is 22.4 Å². The number of nitrogens with zero attached hydrogens (tertiary/aromatic N) is 3. The third-order valence-corrected chi connectivity index (χ3v) is 5.38. The Kier molecular flexibility index (Phi) is 5.45. The Morgan fingerprint density at radius 3 is 2.64 bits per heavy atom. The Morgan fingerprint density at radius 1 is 1.32 bits per heavy atom. The number of benzene rings is 1. The molecular weight excluding hydrogens is 398 g/mol. The van der Waals surface area contributed by atoms with Crippen molar-refractivity contribution in [2.24, 2.45) is 0 Å². The van der Waals surface area contributed by atoms with E-state index in [1.807, 2.05) is 39.0 Å². The van der Waals surface area contributed by atoms with Crippen LogP contribution in [0.1, 0.15) is 31.0 Å². The van der Waals surface area contributed by atoms with Crippen molar-refractivity contribution in [2.45, 2.75) is 32.6 Å². The van der Waals surface area contributed by atoms with Gasteiger partial charge in [0.1, 0.15) is 10.7 Å². The Labute approximate surface area is 168 Å². The molecule has 28 heavy (non-hydrogen) atoms. The fourth-order valence-corrected chi connectivity index (χ4v) is 4.04. The maximum atomic E-state index is 12.4. The molecular formula is C19H22ClN5O2S. The average Bonchev–Trinajstić information content (AvgIpc) is 2.57. The maximum Gasteiger partial charge on any atom is 0.271 e. The van der Waals surface area contributed by atoms with Gasteiger partial charge in [-0.3, -0.25) is 14.1 Å². The third-order valence-electron chi connectivity index (χ3n) is 4.23. The largest absolute Gasteiger partial charge is 0.324 e. The molecule has 2 aromatic heterocycles. The average molecular weight is 420 g/mol. The molecule has 0 bridgehead atoms. The third kappa shape index (κ3) is 4.34. The highest BCUT2D eigenvalue weighted by Crippen LogP contribution is 2.23. The van der Waals surface area contributed by atoms with Crippen LogP contribution in [0.15, 0.2) is 35.3 Å². The van der Waals surface area contributed by atoms with E-state index in [9.17, 15) is 9.00 Å². The molecule has 7 nitrogen and oxygen atoms in total. The van der Waals surface area contributed by atoms with E-state index in [2.05, 4.69) is 15.3 Å². The number of aromatic nitrogens is 3. The lowest BCUT2D eigenvalue weighted by molar-refractivity contribution is 0.595. The van der Waals surface area contributed by atoms with Crippen molar-refractivity contribution in [2.75, 3.05) is 11.6 Å². The van der Waals surface area contributed by atoms with Gasteiger partial charge in [0.05, 0.1) is 5.75 Å². The Hall–Kier alpha value is -2.45. The molecule has 0 saturated carbocycles. The molecule has 2 heterocycles. The molecule has 2 N–H and O–H groups in total. The number of hydrogen-bond donors (Lipinski definition) is 2. The molecule has 1 unspecified atom stereocenters. The summed E-state index contributed by atoms with van der Waals surface area (Å²) in [5.74, 6) is 0.571. The summed E-state index contributed by atoms with van der Waals surface area (Å²) in [4.78, 5) is 21.3. The first-order valence-electron chi connectivity index (χ1n) is 8.71. The lowest BCUT2D eigenvalue weighted by Crippen LogP contribution is -2.23. The second kappa shape index (κ2) is 7.52. The van der Waals surface area contributed by atoms with Crippen LogP contribution < -0.4 is 10.9 Å². The summed E-state index contributed by atoms with van der Waals surface area (Å²) in [5, 5.41) is 3.99. The number of halogens is 1. The molecule has 0 aliphatic carbocycles. The van der Waals surface area contributed by atoms with Crippen LogP contribution in [0.2, 0.25) is 5.02 Å². The summed E-state index contributed by atoms with van der Waals surface area (Å²) in [6, 6.07) is 7.04. The first-order valence-corrected chi connectivity index (χ1v) is 11.2. The minimum absolute atomic E-state index is 0.105. The van der Waals surface area contributed by atoms with Gasteiger partial charge in [0.15, 0.2) is 0 Å². The summed E-state index contributed by atoms with van der Waals surface area (Å²) in [6.45, 7) is 5.71. The number of fused-ring (bicyclic) bond motifs is 1. The summed E-state index contributed by atoms with van der Waals surface area (Å²) < 4.78 is 20.8. The normalized spacial score (nSPS) is 13.6. The number of hydrogen-bond acceptors (Lipinski definition) is 6. The van der Waals surface area contributed by atoms with Crippen molar-refractivity contribution in [3.63, 3.8) is 0 Å². The van der Waals surface area contributed by atoms with Gasteiger partial charge < -0.3 is 5.32 Å². The molecule has 0 aliphatic rings. The zero-order chi connectivity index (χ0) is 20.6. The first kappa shape index (κ1) is 20.3. The lowest BCUT2D eigenvalue weighted by Gasteiger charge is -2.15. The van der Waals surface area contributed by atoms with Gasteiger partial charge in [-0.1, -0.05) is 23.7 Å². The number of nitrogens with one attached hydrogen (secondary N) is 2.